The van der Waals surface area contributed by atoms with Crippen LogP contribution in [0.1, 0.15) is 26.7 Å². The van der Waals surface area contributed by atoms with Gasteiger partial charge in [-0.2, -0.15) is 5.10 Å². The van der Waals surface area contributed by atoms with Crippen molar-refractivity contribution >= 4 is 17.3 Å². The van der Waals surface area contributed by atoms with E-state index in [1.807, 2.05) is 16.9 Å². The smallest absolute Gasteiger partial charge is 0.166 e. The maximum atomic E-state index is 5.19. The van der Waals surface area contributed by atoms with Crippen LogP contribution in [0.15, 0.2) is 18.5 Å². The van der Waals surface area contributed by atoms with Crippen LogP contribution in [0.5, 0.6) is 0 Å². The van der Waals surface area contributed by atoms with Crippen molar-refractivity contribution in [3.05, 3.63) is 18.5 Å². The zero-order valence-corrected chi connectivity index (χ0v) is 10.8. The highest BCUT2D eigenvalue weighted by Crippen LogP contribution is 1.90. The molecule has 0 saturated carbocycles. The Morgan fingerprint density at radius 3 is 3.00 bits per heavy atom. The maximum absolute atomic E-state index is 5.19. The van der Waals surface area contributed by atoms with Gasteiger partial charge in [0.15, 0.2) is 5.11 Å². The summed E-state index contributed by atoms with van der Waals surface area (Å²) in [5, 5.41) is 11.3. The van der Waals surface area contributed by atoms with Crippen molar-refractivity contribution < 1.29 is 0 Å². The normalized spacial score (nSPS) is 12.1. The molecule has 0 fully saturated rings. The molecular formula is C11H20N4S. The van der Waals surface area contributed by atoms with Crippen LogP contribution in [-0.2, 0) is 6.54 Å². The van der Waals surface area contributed by atoms with Crippen molar-refractivity contribution in [1.82, 2.24) is 20.4 Å². The van der Waals surface area contributed by atoms with Gasteiger partial charge in [0.2, 0.25) is 0 Å². The second-order valence-electron chi connectivity index (χ2n) is 3.88. The molecule has 5 heteroatoms. The van der Waals surface area contributed by atoms with E-state index in [-0.39, 0.29) is 6.04 Å². The van der Waals surface area contributed by atoms with E-state index < -0.39 is 0 Å². The van der Waals surface area contributed by atoms with Crippen molar-refractivity contribution in [3.63, 3.8) is 0 Å². The first-order valence-electron chi connectivity index (χ1n) is 5.74. The Balaban J connectivity index is 2.18. The predicted molar refractivity (Wildman–Crippen MR) is 70.3 cm³/mol. The zero-order chi connectivity index (χ0) is 11.8. The fourth-order valence-electron chi connectivity index (χ4n) is 1.39. The fraction of sp³-hybridized carbons (Fsp3) is 0.636. The molecule has 0 radical (unpaired) electrons. The molecule has 0 amide bonds. The van der Waals surface area contributed by atoms with Crippen LogP contribution in [0.3, 0.4) is 0 Å². The van der Waals surface area contributed by atoms with Crippen molar-refractivity contribution in [2.75, 3.05) is 6.54 Å². The number of hydrogen-bond donors (Lipinski definition) is 2. The quantitative estimate of drug-likeness (QED) is 0.584. The molecular weight excluding hydrogens is 220 g/mol. The molecule has 0 spiro atoms. The molecule has 90 valence electrons. The Bertz CT molecular complexity index is 297. The van der Waals surface area contributed by atoms with Crippen LogP contribution in [0.4, 0.5) is 0 Å². The lowest BCUT2D eigenvalue weighted by atomic mass is 10.3. The Hall–Kier alpha value is -1.10. The number of aromatic nitrogens is 2. The molecule has 1 heterocycles. The molecule has 0 aromatic carbocycles. The highest BCUT2D eigenvalue weighted by Gasteiger charge is 2.04. The minimum atomic E-state index is 0.279. The standard InChI is InChI=1S/C11H20N4S/c1-3-4-6-12-11(16)14-10(2)9-15-8-5-7-13-15/h5,7-8,10H,3-4,6,9H2,1-2H3,(H2,12,14,16). The Labute approximate surface area is 102 Å². The second kappa shape index (κ2) is 7.22. The molecule has 1 aromatic rings. The molecule has 16 heavy (non-hydrogen) atoms. The van der Waals surface area contributed by atoms with E-state index in [0.717, 1.165) is 24.6 Å². The van der Waals surface area contributed by atoms with Crippen molar-refractivity contribution in [1.29, 1.82) is 0 Å². The van der Waals surface area contributed by atoms with Crippen molar-refractivity contribution in [2.24, 2.45) is 0 Å². The van der Waals surface area contributed by atoms with Gasteiger partial charge in [-0.1, -0.05) is 13.3 Å². The SMILES string of the molecule is CCCCNC(=S)NC(C)Cn1cccn1. The topological polar surface area (TPSA) is 41.9 Å². The highest BCUT2D eigenvalue weighted by atomic mass is 32.1. The minimum Gasteiger partial charge on any atom is -0.363 e. The lowest BCUT2D eigenvalue weighted by molar-refractivity contribution is 0.503. The second-order valence-corrected chi connectivity index (χ2v) is 4.29. The summed E-state index contributed by atoms with van der Waals surface area (Å²) in [6.45, 7) is 6.02. The van der Waals surface area contributed by atoms with Crippen LogP contribution >= 0.6 is 12.2 Å². The largest absolute Gasteiger partial charge is 0.363 e. The van der Waals surface area contributed by atoms with Gasteiger partial charge >= 0.3 is 0 Å². The first-order valence-corrected chi connectivity index (χ1v) is 6.15. The molecule has 0 bridgehead atoms. The molecule has 1 atom stereocenters. The highest BCUT2D eigenvalue weighted by molar-refractivity contribution is 7.80. The predicted octanol–water partition coefficient (Wildman–Crippen LogP) is 1.54. The average molecular weight is 240 g/mol. The zero-order valence-electron chi connectivity index (χ0n) is 9.94. The third-order valence-electron chi connectivity index (χ3n) is 2.21. The van der Waals surface area contributed by atoms with E-state index in [1.54, 1.807) is 6.20 Å². The molecule has 1 aromatic heterocycles. The lowest BCUT2D eigenvalue weighted by Gasteiger charge is -2.16. The first-order chi connectivity index (χ1) is 7.72. The van der Waals surface area contributed by atoms with Gasteiger partial charge < -0.3 is 10.6 Å². The molecule has 0 saturated heterocycles. The average Bonchev–Trinajstić information content (AvgIpc) is 2.70. The summed E-state index contributed by atoms with van der Waals surface area (Å²) in [4.78, 5) is 0. The first kappa shape index (κ1) is 13.0. The van der Waals surface area contributed by atoms with E-state index in [2.05, 4.69) is 29.6 Å². The molecule has 4 nitrogen and oxygen atoms in total. The third-order valence-corrected chi connectivity index (χ3v) is 2.48. The van der Waals surface area contributed by atoms with Gasteiger partial charge in [0, 0.05) is 25.0 Å². The van der Waals surface area contributed by atoms with Gasteiger partial charge in [-0.15, -0.1) is 0 Å². The summed E-state index contributed by atoms with van der Waals surface area (Å²) < 4.78 is 1.90. The van der Waals surface area contributed by atoms with Crippen LogP contribution in [0.25, 0.3) is 0 Å². The summed E-state index contributed by atoms with van der Waals surface area (Å²) in [5.41, 5.74) is 0. The lowest BCUT2D eigenvalue weighted by Crippen LogP contribution is -2.42. The van der Waals surface area contributed by atoms with E-state index in [9.17, 15) is 0 Å². The number of nitrogens with one attached hydrogen (secondary N) is 2. The monoisotopic (exact) mass is 240 g/mol. The molecule has 0 aliphatic heterocycles. The molecule has 1 unspecified atom stereocenters. The molecule has 0 aliphatic carbocycles. The Morgan fingerprint density at radius 2 is 2.38 bits per heavy atom. The van der Waals surface area contributed by atoms with Gasteiger partial charge in [0.1, 0.15) is 0 Å². The Morgan fingerprint density at radius 1 is 1.56 bits per heavy atom. The van der Waals surface area contributed by atoms with E-state index in [0.29, 0.717) is 0 Å². The summed E-state index contributed by atoms with van der Waals surface area (Å²) in [5.74, 6) is 0. The Kier molecular flexibility index (Phi) is 5.85. The van der Waals surface area contributed by atoms with Gasteiger partial charge in [-0.3, -0.25) is 4.68 Å². The van der Waals surface area contributed by atoms with Crippen molar-refractivity contribution in [3.8, 4) is 0 Å². The summed E-state index contributed by atoms with van der Waals surface area (Å²) in [6.07, 6.45) is 6.06. The minimum absolute atomic E-state index is 0.279. The molecule has 0 aliphatic rings. The van der Waals surface area contributed by atoms with Crippen LogP contribution in [0, 0.1) is 0 Å². The third kappa shape index (κ3) is 5.11. The number of thiocarbonyl (C=S) groups is 1. The number of rotatable bonds is 6. The number of unbranched alkanes of at least 4 members (excludes halogenated alkanes) is 1. The molecule has 2 N–H and O–H groups in total. The number of hydrogen-bond acceptors (Lipinski definition) is 2. The van der Waals surface area contributed by atoms with Crippen molar-refractivity contribution in [2.45, 2.75) is 39.3 Å². The van der Waals surface area contributed by atoms with Crippen LogP contribution in [0.2, 0.25) is 0 Å². The summed E-state index contributed by atoms with van der Waals surface area (Å²) >= 11 is 5.19. The van der Waals surface area contributed by atoms with Crippen LogP contribution in [-0.4, -0.2) is 27.5 Å². The fourth-order valence-corrected chi connectivity index (χ4v) is 1.69. The summed E-state index contributed by atoms with van der Waals surface area (Å²) in [7, 11) is 0. The van der Waals surface area contributed by atoms with Crippen LogP contribution < -0.4 is 10.6 Å². The molecule has 1 rings (SSSR count). The van der Waals surface area contributed by atoms with Gasteiger partial charge in [0.05, 0.1) is 6.54 Å². The van der Waals surface area contributed by atoms with E-state index in [4.69, 9.17) is 12.2 Å². The number of nitrogens with zero attached hydrogens (tertiary/aromatic N) is 2. The van der Waals surface area contributed by atoms with E-state index in [1.165, 1.54) is 6.42 Å². The summed E-state index contributed by atoms with van der Waals surface area (Å²) in [6, 6.07) is 2.20. The van der Waals surface area contributed by atoms with Gasteiger partial charge in [-0.25, -0.2) is 0 Å². The van der Waals surface area contributed by atoms with E-state index >= 15 is 0 Å². The maximum Gasteiger partial charge on any atom is 0.166 e. The van der Waals surface area contributed by atoms with Gasteiger partial charge in [0.25, 0.3) is 0 Å². The van der Waals surface area contributed by atoms with Gasteiger partial charge in [-0.05, 0) is 31.6 Å².